The Bertz CT molecular complexity index is 335. The number of carbonyl (C=O) groups is 1. The number of nitrogens with two attached hydrogens (primary N) is 1. The minimum atomic E-state index is -1.09. The predicted octanol–water partition coefficient (Wildman–Crippen LogP) is 1.09. The maximum Gasteiger partial charge on any atom is 0.327 e. The largest absolute Gasteiger partial charge is 0.468 e. The summed E-state index contributed by atoms with van der Waals surface area (Å²) in [5.41, 5.74) is 5.69. The van der Waals surface area contributed by atoms with Gasteiger partial charge in [0, 0.05) is 0 Å². The Morgan fingerprint density at radius 2 is 2.00 bits per heavy atom. The molecule has 0 aliphatic rings. The van der Waals surface area contributed by atoms with Crippen LogP contribution in [0.25, 0.3) is 0 Å². The number of benzene rings is 1. The molecule has 1 atom stereocenters. The van der Waals surface area contributed by atoms with Gasteiger partial charge in [0.05, 0.1) is 20.3 Å². The third kappa shape index (κ3) is 3.64. The number of carbonyl (C=O) groups excluding carboxylic acids is 1. The van der Waals surface area contributed by atoms with Gasteiger partial charge in [-0.2, -0.15) is 0 Å². The topological polar surface area (TPSA) is 61.5 Å². The summed E-state index contributed by atoms with van der Waals surface area (Å²) in [6, 6.07) is 9.70. The number of ether oxygens (including phenoxy) is 2. The first kappa shape index (κ1) is 12.7. The van der Waals surface area contributed by atoms with Gasteiger partial charge >= 0.3 is 5.97 Å². The van der Waals surface area contributed by atoms with E-state index in [0.717, 1.165) is 5.56 Å². The number of hydrogen-bond donors (Lipinski definition) is 1. The summed E-state index contributed by atoms with van der Waals surface area (Å²) in [4.78, 5) is 11.2. The molecule has 0 heterocycles. The van der Waals surface area contributed by atoms with Crippen LogP contribution in [-0.4, -0.2) is 25.2 Å². The summed E-state index contributed by atoms with van der Waals surface area (Å²) in [5, 5.41) is 0. The van der Waals surface area contributed by atoms with Gasteiger partial charge in [0.25, 0.3) is 0 Å². The van der Waals surface area contributed by atoms with Crippen LogP contribution in [0.2, 0.25) is 0 Å². The lowest BCUT2D eigenvalue weighted by molar-refractivity contribution is -0.148. The standard InChI is InChI=1S/C12H17NO3/c1-12(13,11(14)15-2)9-16-8-10-6-4-3-5-7-10/h3-7H,8-9,13H2,1-2H3. The lowest BCUT2D eigenvalue weighted by Crippen LogP contribution is -2.49. The molecular formula is C12H17NO3. The molecule has 0 fully saturated rings. The Morgan fingerprint density at radius 1 is 1.38 bits per heavy atom. The molecule has 88 valence electrons. The van der Waals surface area contributed by atoms with Crippen LogP contribution in [0, 0.1) is 0 Å². The Kier molecular flexibility index (Phi) is 4.46. The molecule has 0 amide bonds. The first-order chi connectivity index (χ1) is 7.56. The zero-order chi connectivity index (χ0) is 12.0. The maximum absolute atomic E-state index is 11.2. The fourth-order valence-electron chi connectivity index (χ4n) is 1.25. The molecule has 2 N–H and O–H groups in total. The van der Waals surface area contributed by atoms with Gasteiger partial charge in [-0.25, -0.2) is 4.79 Å². The monoisotopic (exact) mass is 223 g/mol. The average Bonchev–Trinajstić information content (AvgIpc) is 2.29. The molecule has 0 saturated carbocycles. The highest BCUT2D eigenvalue weighted by Crippen LogP contribution is 2.06. The van der Waals surface area contributed by atoms with Crippen LogP contribution in [0.1, 0.15) is 12.5 Å². The molecule has 0 bridgehead atoms. The molecule has 0 aromatic heterocycles. The van der Waals surface area contributed by atoms with E-state index in [0.29, 0.717) is 6.61 Å². The van der Waals surface area contributed by atoms with Gasteiger partial charge in [-0.15, -0.1) is 0 Å². The van der Waals surface area contributed by atoms with Crippen LogP contribution in [0.4, 0.5) is 0 Å². The van der Waals surface area contributed by atoms with Crippen LogP contribution in [-0.2, 0) is 20.9 Å². The molecule has 4 nitrogen and oxygen atoms in total. The van der Waals surface area contributed by atoms with Crippen LogP contribution in [0.5, 0.6) is 0 Å². The second-order valence-electron chi connectivity index (χ2n) is 3.89. The molecule has 0 aliphatic carbocycles. The van der Waals surface area contributed by atoms with E-state index in [1.165, 1.54) is 7.11 Å². The molecular weight excluding hydrogens is 206 g/mol. The highest BCUT2D eigenvalue weighted by Gasteiger charge is 2.29. The van der Waals surface area contributed by atoms with Crippen LogP contribution in [0.3, 0.4) is 0 Å². The van der Waals surface area contributed by atoms with Crippen molar-refractivity contribution in [3.05, 3.63) is 35.9 Å². The Morgan fingerprint density at radius 3 is 2.56 bits per heavy atom. The lowest BCUT2D eigenvalue weighted by atomic mass is 10.1. The third-order valence-electron chi connectivity index (χ3n) is 2.17. The smallest absolute Gasteiger partial charge is 0.327 e. The van der Waals surface area contributed by atoms with E-state index in [-0.39, 0.29) is 6.61 Å². The van der Waals surface area contributed by atoms with Crippen molar-refractivity contribution in [1.29, 1.82) is 0 Å². The highest BCUT2D eigenvalue weighted by molar-refractivity contribution is 5.80. The number of esters is 1. The zero-order valence-electron chi connectivity index (χ0n) is 9.60. The van der Waals surface area contributed by atoms with Gasteiger partial charge in [0.2, 0.25) is 0 Å². The quantitative estimate of drug-likeness (QED) is 0.759. The minimum Gasteiger partial charge on any atom is -0.468 e. The van der Waals surface area contributed by atoms with Crippen LogP contribution in [0.15, 0.2) is 30.3 Å². The number of methoxy groups -OCH3 is 1. The summed E-state index contributed by atoms with van der Waals surface area (Å²) >= 11 is 0. The van der Waals surface area contributed by atoms with Gasteiger partial charge in [0.1, 0.15) is 5.54 Å². The fourth-order valence-corrected chi connectivity index (χ4v) is 1.25. The molecule has 0 radical (unpaired) electrons. The average molecular weight is 223 g/mol. The number of hydrogen-bond acceptors (Lipinski definition) is 4. The van der Waals surface area contributed by atoms with Gasteiger partial charge in [-0.3, -0.25) is 0 Å². The molecule has 1 aromatic rings. The molecule has 4 heteroatoms. The van der Waals surface area contributed by atoms with E-state index in [1.807, 2.05) is 30.3 Å². The molecule has 0 aliphatic heterocycles. The fraction of sp³-hybridized carbons (Fsp3) is 0.417. The Balaban J connectivity index is 2.38. The summed E-state index contributed by atoms with van der Waals surface area (Å²) < 4.78 is 9.96. The molecule has 16 heavy (non-hydrogen) atoms. The molecule has 0 saturated heterocycles. The van der Waals surface area contributed by atoms with Crippen molar-refractivity contribution >= 4 is 5.97 Å². The van der Waals surface area contributed by atoms with Crippen molar-refractivity contribution < 1.29 is 14.3 Å². The maximum atomic E-state index is 11.2. The summed E-state index contributed by atoms with van der Waals surface area (Å²) in [7, 11) is 1.31. The van der Waals surface area contributed by atoms with E-state index in [2.05, 4.69) is 4.74 Å². The van der Waals surface area contributed by atoms with Gasteiger partial charge in [0.15, 0.2) is 0 Å². The SMILES string of the molecule is COC(=O)C(C)(N)COCc1ccccc1. The van der Waals surface area contributed by atoms with Gasteiger partial charge < -0.3 is 15.2 Å². The van der Waals surface area contributed by atoms with Crippen molar-refractivity contribution in [3.8, 4) is 0 Å². The molecule has 1 aromatic carbocycles. The molecule has 1 rings (SSSR count). The second-order valence-corrected chi connectivity index (χ2v) is 3.89. The van der Waals surface area contributed by atoms with Crippen molar-refractivity contribution in [2.24, 2.45) is 5.73 Å². The molecule has 0 spiro atoms. The van der Waals surface area contributed by atoms with Gasteiger partial charge in [-0.1, -0.05) is 30.3 Å². The second kappa shape index (κ2) is 5.63. The minimum absolute atomic E-state index is 0.133. The van der Waals surface area contributed by atoms with E-state index >= 15 is 0 Å². The van der Waals surface area contributed by atoms with E-state index < -0.39 is 11.5 Å². The van der Waals surface area contributed by atoms with Crippen molar-refractivity contribution in [2.45, 2.75) is 19.1 Å². The van der Waals surface area contributed by atoms with Crippen molar-refractivity contribution in [3.63, 3.8) is 0 Å². The Labute approximate surface area is 95.3 Å². The summed E-state index contributed by atoms with van der Waals surface area (Å²) in [5.74, 6) is -0.472. The van der Waals surface area contributed by atoms with Crippen LogP contribution < -0.4 is 5.73 Å². The normalized spacial score (nSPS) is 14.2. The first-order valence-corrected chi connectivity index (χ1v) is 5.05. The highest BCUT2D eigenvalue weighted by atomic mass is 16.5. The Hall–Kier alpha value is -1.39. The van der Waals surface area contributed by atoms with Crippen molar-refractivity contribution in [2.75, 3.05) is 13.7 Å². The van der Waals surface area contributed by atoms with Crippen molar-refractivity contribution in [1.82, 2.24) is 0 Å². The predicted molar refractivity (Wildman–Crippen MR) is 60.7 cm³/mol. The summed E-state index contributed by atoms with van der Waals surface area (Å²) in [6.45, 7) is 2.16. The lowest BCUT2D eigenvalue weighted by Gasteiger charge is -2.21. The van der Waals surface area contributed by atoms with E-state index in [9.17, 15) is 4.79 Å². The van der Waals surface area contributed by atoms with Gasteiger partial charge in [-0.05, 0) is 12.5 Å². The third-order valence-corrected chi connectivity index (χ3v) is 2.17. The molecule has 1 unspecified atom stereocenters. The van der Waals surface area contributed by atoms with E-state index in [1.54, 1.807) is 6.92 Å². The van der Waals surface area contributed by atoms with Crippen LogP contribution >= 0.6 is 0 Å². The number of rotatable bonds is 5. The first-order valence-electron chi connectivity index (χ1n) is 5.05. The zero-order valence-corrected chi connectivity index (χ0v) is 9.60. The van der Waals surface area contributed by atoms with E-state index in [4.69, 9.17) is 10.5 Å². The summed E-state index contributed by atoms with van der Waals surface area (Å²) in [6.07, 6.45) is 0.